The van der Waals surface area contributed by atoms with Crippen LogP contribution in [-0.4, -0.2) is 37.8 Å². The van der Waals surface area contributed by atoms with Crippen LogP contribution in [-0.2, 0) is 10.0 Å². The van der Waals surface area contributed by atoms with Gasteiger partial charge in [0.05, 0.1) is 5.69 Å². The molecule has 0 bridgehead atoms. The van der Waals surface area contributed by atoms with Gasteiger partial charge in [-0.25, -0.2) is 13.1 Å². The zero-order valence-corrected chi connectivity index (χ0v) is 12.2. The van der Waals surface area contributed by atoms with Crippen molar-refractivity contribution in [3.63, 3.8) is 0 Å². The van der Waals surface area contributed by atoms with Gasteiger partial charge in [0.25, 0.3) is 0 Å². The summed E-state index contributed by atoms with van der Waals surface area (Å²) in [7, 11) is -3.89. The number of halogens is 3. The number of thioether (sulfide) groups is 1. The number of nitrogens with zero attached hydrogens (tertiary/aromatic N) is 1. The average molecular weight is 329 g/mol. The quantitative estimate of drug-likeness (QED) is 0.749. The van der Waals surface area contributed by atoms with Crippen LogP contribution >= 0.6 is 11.8 Å². The van der Waals surface area contributed by atoms with Gasteiger partial charge in [0, 0.05) is 31.2 Å². The average Bonchev–Trinajstić information content (AvgIpc) is 2.35. The van der Waals surface area contributed by atoms with Gasteiger partial charge in [0.15, 0.2) is 0 Å². The van der Waals surface area contributed by atoms with Crippen LogP contribution in [0.2, 0.25) is 0 Å². The fraction of sp³-hybridized carbons (Fsp3) is 0.500. The highest BCUT2D eigenvalue weighted by atomic mass is 32.2. The monoisotopic (exact) mass is 329 g/mol. The van der Waals surface area contributed by atoms with E-state index in [4.69, 9.17) is 0 Å². The number of nitrogens with one attached hydrogen (secondary N) is 2. The van der Waals surface area contributed by atoms with Crippen molar-refractivity contribution in [2.75, 3.05) is 24.2 Å². The highest BCUT2D eigenvalue weighted by Crippen LogP contribution is 2.29. The lowest BCUT2D eigenvalue weighted by Gasteiger charge is -2.12. The molecule has 0 radical (unpaired) electrons. The van der Waals surface area contributed by atoms with Gasteiger partial charge in [-0.2, -0.15) is 13.2 Å². The second-order valence-corrected chi connectivity index (χ2v) is 6.49. The first kappa shape index (κ1) is 17.1. The summed E-state index contributed by atoms with van der Waals surface area (Å²) in [5.41, 5.74) is -4.01. The van der Waals surface area contributed by atoms with Gasteiger partial charge < -0.3 is 5.32 Å². The van der Waals surface area contributed by atoms with Gasteiger partial charge in [-0.1, -0.05) is 0 Å². The number of rotatable bonds is 7. The number of anilines is 1. The van der Waals surface area contributed by atoms with E-state index in [-0.39, 0.29) is 29.0 Å². The Morgan fingerprint density at radius 2 is 2.10 bits per heavy atom. The van der Waals surface area contributed by atoms with E-state index in [2.05, 4.69) is 15.0 Å². The molecule has 0 saturated heterocycles. The molecule has 114 valence electrons. The van der Waals surface area contributed by atoms with Crippen molar-refractivity contribution in [3.8, 4) is 0 Å². The zero-order chi connectivity index (χ0) is 15.2. The summed E-state index contributed by atoms with van der Waals surface area (Å²) in [6.07, 6.45) is 2.58. The van der Waals surface area contributed by atoms with Gasteiger partial charge in [-0.05, 0) is 24.8 Å². The maximum atomic E-state index is 12.0. The molecule has 0 atom stereocenters. The zero-order valence-electron chi connectivity index (χ0n) is 10.6. The van der Waals surface area contributed by atoms with Crippen LogP contribution in [0.4, 0.5) is 18.9 Å². The molecule has 0 spiro atoms. The Bertz CT molecular complexity index is 535. The Kier molecular flexibility index (Phi) is 6.08. The first-order valence-corrected chi connectivity index (χ1v) is 8.11. The Hall–Kier alpha value is -1.00. The molecule has 0 aliphatic heterocycles. The fourth-order valence-corrected chi connectivity index (χ4v) is 3.07. The van der Waals surface area contributed by atoms with Crippen LogP contribution in [0, 0.1) is 0 Å². The number of hydrogen-bond donors (Lipinski definition) is 2. The molecule has 1 aromatic rings. The van der Waals surface area contributed by atoms with E-state index in [1.165, 1.54) is 12.3 Å². The van der Waals surface area contributed by atoms with Gasteiger partial charge in [0.1, 0.15) is 4.90 Å². The molecule has 1 aromatic heterocycles. The van der Waals surface area contributed by atoms with Crippen LogP contribution in [0.1, 0.15) is 6.92 Å². The van der Waals surface area contributed by atoms with Crippen molar-refractivity contribution >= 4 is 27.5 Å². The van der Waals surface area contributed by atoms with Crippen molar-refractivity contribution in [2.45, 2.75) is 17.3 Å². The van der Waals surface area contributed by atoms with Crippen LogP contribution < -0.4 is 10.0 Å². The first-order valence-electron chi connectivity index (χ1n) is 5.64. The third-order valence-corrected chi connectivity index (χ3v) is 4.33. The minimum absolute atomic E-state index is 0.0844. The molecule has 0 unspecified atom stereocenters. The molecule has 0 aliphatic carbocycles. The highest BCUT2D eigenvalue weighted by molar-refractivity contribution is 8.00. The Morgan fingerprint density at radius 3 is 2.70 bits per heavy atom. The predicted molar refractivity (Wildman–Crippen MR) is 72.1 cm³/mol. The summed E-state index contributed by atoms with van der Waals surface area (Å²) in [6, 6.07) is 1.49. The number of alkyl halides is 3. The summed E-state index contributed by atoms with van der Waals surface area (Å²) in [5, 5.41) is 2.85. The maximum Gasteiger partial charge on any atom is 0.441 e. The summed E-state index contributed by atoms with van der Waals surface area (Å²) in [4.78, 5) is 3.63. The third-order valence-electron chi connectivity index (χ3n) is 2.10. The molecule has 0 aromatic carbocycles. The van der Waals surface area contributed by atoms with Crippen LogP contribution in [0.5, 0.6) is 0 Å². The van der Waals surface area contributed by atoms with Gasteiger partial charge >= 0.3 is 5.51 Å². The van der Waals surface area contributed by atoms with Gasteiger partial charge in [-0.3, -0.25) is 4.98 Å². The van der Waals surface area contributed by atoms with Gasteiger partial charge in [-0.15, -0.1) is 0 Å². The van der Waals surface area contributed by atoms with Crippen molar-refractivity contribution in [2.24, 2.45) is 0 Å². The molecule has 0 amide bonds. The van der Waals surface area contributed by atoms with Crippen molar-refractivity contribution in [3.05, 3.63) is 18.5 Å². The highest BCUT2D eigenvalue weighted by Gasteiger charge is 2.28. The molecule has 0 fully saturated rings. The SMILES string of the molecule is CCNc1ccncc1S(=O)(=O)NCCSC(F)(F)F. The maximum absolute atomic E-state index is 12.0. The second-order valence-electron chi connectivity index (χ2n) is 3.59. The largest absolute Gasteiger partial charge is 0.441 e. The summed E-state index contributed by atoms with van der Waals surface area (Å²) in [5.74, 6) is -0.389. The normalized spacial score (nSPS) is 12.4. The van der Waals surface area contributed by atoms with Crippen LogP contribution in [0.25, 0.3) is 0 Å². The standard InChI is InChI=1S/C10H14F3N3O2S2/c1-2-15-8-3-4-14-7-9(8)20(17,18)16-5-6-19-10(11,12)13/h3-4,7,16H,2,5-6H2,1H3,(H,14,15). The summed E-state index contributed by atoms with van der Waals surface area (Å²) < 4.78 is 61.8. The molecular formula is C10H14F3N3O2S2. The Morgan fingerprint density at radius 1 is 1.40 bits per heavy atom. The molecule has 5 nitrogen and oxygen atoms in total. The van der Waals surface area contributed by atoms with E-state index < -0.39 is 15.5 Å². The molecule has 0 saturated carbocycles. The smallest absolute Gasteiger partial charge is 0.384 e. The molecule has 1 rings (SSSR count). The lowest BCUT2D eigenvalue weighted by molar-refractivity contribution is -0.0327. The number of pyridine rings is 1. The van der Waals surface area contributed by atoms with Crippen LogP contribution in [0.15, 0.2) is 23.4 Å². The van der Waals surface area contributed by atoms with Crippen molar-refractivity contribution in [1.82, 2.24) is 9.71 Å². The number of aromatic nitrogens is 1. The van der Waals surface area contributed by atoms with Gasteiger partial charge in [0.2, 0.25) is 10.0 Å². The second kappa shape index (κ2) is 7.14. The van der Waals surface area contributed by atoms with E-state index in [9.17, 15) is 21.6 Å². The lowest BCUT2D eigenvalue weighted by atomic mass is 10.4. The predicted octanol–water partition coefficient (Wildman–Crippen LogP) is 2.04. The van der Waals surface area contributed by atoms with Crippen LogP contribution in [0.3, 0.4) is 0 Å². The molecule has 10 heteroatoms. The Labute approximate surface area is 119 Å². The molecule has 20 heavy (non-hydrogen) atoms. The third kappa shape index (κ3) is 5.55. The first-order chi connectivity index (χ1) is 9.26. The minimum Gasteiger partial charge on any atom is -0.384 e. The van der Waals surface area contributed by atoms with Crippen molar-refractivity contribution in [1.29, 1.82) is 0 Å². The minimum atomic E-state index is -4.37. The summed E-state index contributed by atoms with van der Waals surface area (Å²) in [6.45, 7) is 1.99. The number of sulfonamides is 1. The van der Waals surface area contributed by atoms with E-state index >= 15 is 0 Å². The van der Waals surface area contributed by atoms with Crippen molar-refractivity contribution < 1.29 is 21.6 Å². The van der Waals surface area contributed by atoms with E-state index in [1.54, 1.807) is 6.92 Å². The molecule has 1 heterocycles. The van der Waals surface area contributed by atoms with E-state index in [1.807, 2.05) is 0 Å². The van der Waals surface area contributed by atoms with E-state index in [0.29, 0.717) is 12.2 Å². The topological polar surface area (TPSA) is 71.1 Å². The summed E-state index contributed by atoms with van der Waals surface area (Å²) >= 11 is -0.274. The number of hydrogen-bond acceptors (Lipinski definition) is 5. The van der Waals surface area contributed by atoms with E-state index in [0.717, 1.165) is 6.20 Å². The molecular weight excluding hydrogens is 315 g/mol. The lowest BCUT2D eigenvalue weighted by Crippen LogP contribution is -2.27. The molecule has 2 N–H and O–H groups in total. The Balaban J connectivity index is 2.69. The fourth-order valence-electron chi connectivity index (χ4n) is 1.35. The molecule has 0 aliphatic rings.